The van der Waals surface area contributed by atoms with E-state index in [9.17, 15) is 14.4 Å². The van der Waals surface area contributed by atoms with Gasteiger partial charge in [-0.15, -0.1) is 0 Å². The molecule has 6 heteroatoms. The van der Waals surface area contributed by atoms with Crippen LogP contribution in [0.1, 0.15) is 26.2 Å². The van der Waals surface area contributed by atoms with Gasteiger partial charge < -0.3 is 14.6 Å². The molecule has 3 atom stereocenters. The number of carbonyl (C=O) groups is 3. The van der Waals surface area contributed by atoms with Gasteiger partial charge in [-0.1, -0.05) is 6.58 Å². The van der Waals surface area contributed by atoms with Gasteiger partial charge in [-0.2, -0.15) is 0 Å². The average Bonchev–Trinajstić information content (AvgIpc) is 2.49. The monoisotopic (exact) mass is 254 g/mol. The quantitative estimate of drug-likeness (QED) is 0.593. The molecule has 1 saturated heterocycles. The van der Waals surface area contributed by atoms with E-state index in [4.69, 9.17) is 14.6 Å². The first kappa shape index (κ1) is 12.6. The Kier molecular flexibility index (Phi) is 2.88. The average molecular weight is 254 g/mol. The predicted octanol–water partition coefficient (Wildman–Crippen LogP) is 0.860. The van der Waals surface area contributed by atoms with E-state index in [2.05, 4.69) is 6.58 Å². The van der Waals surface area contributed by atoms with Crippen molar-refractivity contribution in [3.63, 3.8) is 0 Å². The summed E-state index contributed by atoms with van der Waals surface area (Å²) in [5.74, 6) is -5.15. The fraction of sp³-hybridized carbons (Fsp3) is 0.583. The summed E-state index contributed by atoms with van der Waals surface area (Å²) in [4.78, 5) is 34.2. The number of carboxylic acid groups (broad SMARTS) is 1. The minimum atomic E-state index is -1.65. The second-order valence-corrected chi connectivity index (χ2v) is 4.86. The molecule has 98 valence electrons. The molecule has 2 rings (SSSR count). The van der Waals surface area contributed by atoms with Crippen LogP contribution in [0.25, 0.3) is 0 Å². The van der Waals surface area contributed by atoms with Crippen molar-refractivity contribution in [2.45, 2.75) is 32.0 Å². The maximum atomic E-state index is 11.6. The number of aliphatic carboxylic acids is 1. The normalized spacial score (nSPS) is 33.7. The van der Waals surface area contributed by atoms with E-state index in [1.54, 1.807) is 0 Å². The van der Waals surface area contributed by atoms with Gasteiger partial charge in [0.25, 0.3) is 5.79 Å². The van der Waals surface area contributed by atoms with Gasteiger partial charge in [0.1, 0.15) is 5.92 Å². The van der Waals surface area contributed by atoms with E-state index in [-0.39, 0.29) is 30.8 Å². The fourth-order valence-electron chi connectivity index (χ4n) is 2.55. The largest absolute Gasteiger partial charge is 0.481 e. The number of carbonyl (C=O) groups excluding carboxylic acids is 2. The lowest BCUT2D eigenvalue weighted by molar-refractivity contribution is -0.245. The van der Waals surface area contributed by atoms with Crippen molar-refractivity contribution < 1.29 is 29.0 Å². The Morgan fingerprint density at radius 3 is 2.78 bits per heavy atom. The van der Waals surface area contributed by atoms with Crippen LogP contribution in [0.4, 0.5) is 0 Å². The molecule has 1 saturated carbocycles. The molecule has 1 aliphatic heterocycles. The summed E-state index contributed by atoms with van der Waals surface area (Å²) in [6, 6.07) is 0. The summed E-state index contributed by atoms with van der Waals surface area (Å²) in [7, 11) is 0. The summed E-state index contributed by atoms with van der Waals surface area (Å²) < 4.78 is 10.2. The molecule has 0 radical (unpaired) electrons. The maximum absolute atomic E-state index is 11.6. The summed E-state index contributed by atoms with van der Waals surface area (Å²) in [5.41, 5.74) is 0.138. The lowest BCUT2D eigenvalue weighted by Crippen LogP contribution is -2.47. The summed E-state index contributed by atoms with van der Waals surface area (Å²) in [6.45, 7) is 4.88. The Morgan fingerprint density at radius 2 is 2.22 bits per heavy atom. The molecule has 3 unspecified atom stereocenters. The summed E-state index contributed by atoms with van der Waals surface area (Å²) >= 11 is 0. The van der Waals surface area contributed by atoms with Gasteiger partial charge in [-0.3, -0.25) is 9.59 Å². The van der Waals surface area contributed by atoms with Gasteiger partial charge in [-0.25, -0.2) is 4.79 Å². The Morgan fingerprint density at radius 1 is 1.56 bits per heavy atom. The second kappa shape index (κ2) is 4.12. The molecule has 1 heterocycles. The first-order valence-electron chi connectivity index (χ1n) is 5.67. The van der Waals surface area contributed by atoms with E-state index in [0.717, 1.165) is 0 Å². The first-order chi connectivity index (χ1) is 8.34. The van der Waals surface area contributed by atoms with Crippen LogP contribution in [0.3, 0.4) is 0 Å². The van der Waals surface area contributed by atoms with Gasteiger partial charge >= 0.3 is 17.9 Å². The lowest BCUT2D eigenvalue weighted by Gasteiger charge is -2.34. The molecule has 0 spiro atoms. The number of rotatable bonds is 3. The van der Waals surface area contributed by atoms with Crippen LogP contribution in [0.2, 0.25) is 0 Å². The number of hydrogen-bond acceptors (Lipinski definition) is 5. The standard InChI is InChI=1S/C12H14O6/c1-6(2)11(16)18-12-5-7(4-9(13)17-12)3-8(12)10(14)15/h7-8H,1,3-5H2,2H3,(H,14,15). The first-order valence-corrected chi connectivity index (χ1v) is 5.67. The molecule has 2 bridgehead atoms. The Hall–Kier alpha value is -1.85. The highest BCUT2D eigenvalue weighted by Crippen LogP contribution is 2.48. The number of hydrogen-bond donors (Lipinski definition) is 1. The van der Waals surface area contributed by atoms with Crippen molar-refractivity contribution in [3.05, 3.63) is 12.2 Å². The number of esters is 2. The Balaban J connectivity index is 2.29. The molecule has 0 aromatic rings. The molecule has 2 fully saturated rings. The molecule has 1 N–H and O–H groups in total. The number of carboxylic acids is 1. The van der Waals surface area contributed by atoms with E-state index in [0.29, 0.717) is 0 Å². The van der Waals surface area contributed by atoms with Crippen LogP contribution >= 0.6 is 0 Å². The molecule has 0 aromatic heterocycles. The molecule has 18 heavy (non-hydrogen) atoms. The van der Waals surface area contributed by atoms with Gasteiger partial charge in [0, 0.05) is 18.4 Å². The van der Waals surface area contributed by atoms with Gasteiger partial charge in [-0.05, 0) is 19.3 Å². The molecule has 0 aromatic carbocycles. The van der Waals surface area contributed by atoms with Gasteiger partial charge in [0.15, 0.2) is 0 Å². The van der Waals surface area contributed by atoms with Crippen molar-refractivity contribution in [1.82, 2.24) is 0 Å². The SMILES string of the molecule is C=C(C)C(=O)OC12CC(CC(=O)O1)CC2C(=O)O. The third-order valence-corrected chi connectivity index (χ3v) is 3.33. The summed E-state index contributed by atoms with van der Waals surface area (Å²) in [5, 5.41) is 9.16. The minimum Gasteiger partial charge on any atom is -0.481 e. The van der Waals surface area contributed by atoms with E-state index < -0.39 is 29.6 Å². The molecule has 0 amide bonds. The zero-order valence-corrected chi connectivity index (χ0v) is 9.97. The highest BCUT2D eigenvalue weighted by atomic mass is 16.7. The van der Waals surface area contributed by atoms with Crippen LogP contribution in [0, 0.1) is 11.8 Å². The highest BCUT2D eigenvalue weighted by molar-refractivity contribution is 5.88. The molecular formula is C12H14O6. The van der Waals surface area contributed by atoms with Gasteiger partial charge in [0.2, 0.25) is 0 Å². The molecular weight excluding hydrogens is 240 g/mol. The van der Waals surface area contributed by atoms with Gasteiger partial charge in [0.05, 0.1) is 0 Å². The van der Waals surface area contributed by atoms with Crippen LogP contribution in [0.5, 0.6) is 0 Å². The Bertz CT molecular complexity index is 440. The second-order valence-electron chi connectivity index (χ2n) is 4.86. The number of ether oxygens (including phenoxy) is 2. The van der Waals surface area contributed by atoms with Crippen LogP contribution < -0.4 is 0 Å². The fourth-order valence-corrected chi connectivity index (χ4v) is 2.55. The summed E-state index contributed by atoms with van der Waals surface area (Å²) in [6.07, 6.45) is 0.704. The minimum absolute atomic E-state index is 0.106. The van der Waals surface area contributed by atoms with Crippen LogP contribution in [-0.2, 0) is 23.9 Å². The molecule has 2 aliphatic rings. The zero-order valence-electron chi connectivity index (χ0n) is 9.97. The Labute approximate surface area is 104 Å². The topological polar surface area (TPSA) is 89.9 Å². The maximum Gasteiger partial charge on any atom is 0.336 e. The van der Waals surface area contributed by atoms with Crippen molar-refractivity contribution in [2.75, 3.05) is 0 Å². The van der Waals surface area contributed by atoms with Crippen LogP contribution in [0.15, 0.2) is 12.2 Å². The third kappa shape index (κ3) is 1.98. The van der Waals surface area contributed by atoms with E-state index in [1.165, 1.54) is 6.92 Å². The zero-order chi connectivity index (χ0) is 13.5. The smallest absolute Gasteiger partial charge is 0.336 e. The van der Waals surface area contributed by atoms with E-state index >= 15 is 0 Å². The predicted molar refractivity (Wildman–Crippen MR) is 58.2 cm³/mol. The highest BCUT2D eigenvalue weighted by Gasteiger charge is 2.60. The lowest BCUT2D eigenvalue weighted by atomic mass is 10.0. The number of fused-ring (bicyclic) bond motifs is 2. The molecule has 6 nitrogen and oxygen atoms in total. The van der Waals surface area contributed by atoms with Crippen molar-refractivity contribution in [1.29, 1.82) is 0 Å². The van der Waals surface area contributed by atoms with Crippen LogP contribution in [-0.4, -0.2) is 28.8 Å². The van der Waals surface area contributed by atoms with Crippen molar-refractivity contribution in [3.8, 4) is 0 Å². The van der Waals surface area contributed by atoms with E-state index in [1.807, 2.05) is 0 Å². The van der Waals surface area contributed by atoms with Crippen molar-refractivity contribution in [2.24, 2.45) is 11.8 Å². The third-order valence-electron chi connectivity index (χ3n) is 3.33. The molecule has 1 aliphatic carbocycles. The van der Waals surface area contributed by atoms with Crippen molar-refractivity contribution >= 4 is 17.9 Å².